The molecule has 6 nitrogen and oxygen atoms in total. The van der Waals surface area contributed by atoms with E-state index in [2.05, 4.69) is 58.2 Å². The largest absolute Gasteiger partial charge is 0.497 e. The van der Waals surface area contributed by atoms with Crippen LogP contribution in [0.3, 0.4) is 0 Å². The lowest BCUT2D eigenvalue weighted by Crippen LogP contribution is -2.44. The van der Waals surface area contributed by atoms with Crippen LogP contribution in [0.1, 0.15) is 51.2 Å². The summed E-state index contributed by atoms with van der Waals surface area (Å²) in [4.78, 5) is 0. The van der Waals surface area contributed by atoms with Crippen LogP contribution in [0, 0.1) is 0 Å². The molecule has 7 heteroatoms. The number of hydrogen-bond donors (Lipinski definition) is 1. The van der Waals surface area contributed by atoms with Crippen LogP contribution < -0.4 is 4.74 Å². The summed E-state index contributed by atoms with van der Waals surface area (Å²) in [5.41, 5.74) is 2.22. The lowest BCUT2D eigenvalue weighted by atomic mass is 10.1. The number of rotatable bonds is 17. The Morgan fingerprint density at radius 3 is 2.31 bits per heavy atom. The highest BCUT2D eigenvalue weighted by molar-refractivity contribution is 6.74. The van der Waals surface area contributed by atoms with Gasteiger partial charge in [0.2, 0.25) is 0 Å². The molecule has 1 aliphatic heterocycles. The molecule has 1 aliphatic rings. The third-order valence-electron chi connectivity index (χ3n) is 7.71. The number of epoxide rings is 1. The summed E-state index contributed by atoms with van der Waals surface area (Å²) in [6, 6.07) is 18.0. The molecule has 0 aliphatic carbocycles. The van der Waals surface area contributed by atoms with Crippen molar-refractivity contribution in [1.29, 1.82) is 0 Å². The molecular formula is C32H48O6Si. The van der Waals surface area contributed by atoms with Crippen molar-refractivity contribution in [2.24, 2.45) is 0 Å². The number of methoxy groups -OCH3 is 1. The number of hydrogen-bond acceptors (Lipinski definition) is 6. The van der Waals surface area contributed by atoms with Gasteiger partial charge in [0.15, 0.2) is 8.32 Å². The zero-order valence-corrected chi connectivity index (χ0v) is 25.6. The Bertz CT molecular complexity index is 986. The Kier molecular flexibility index (Phi) is 12.2. The minimum Gasteiger partial charge on any atom is -0.497 e. The van der Waals surface area contributed by atoms with Crippen LogP contribution in [-0.4, -0.2) is 58.2 Å². The molecule has 0 aromatic heterocycles. The van der Waals surface area contributed by atoms with Gasteiger partial charge < -0.3 is 28.5 Å². The van der Waals surface area contributed by atoms with Crippen LogP contribution in [-0.2, 0) is 31.9 Å². The molecule has 3 rings (SSSR count). The fraction of sp³-hybridized carbons (Fsp3) is 0.562. The molecule has 0 amide bonds. The zero-order chi connectivity index (χ0) is 28.3. The molecule has 0 radical (unpaired) electrons. The molecule has 4 atom stereocenters. The second-order valence-corrected chi connectivity index (χ2v) is 16.6. The van der Waals surface area contributed by atoms with E-state index in [-0.39, 0.29) is 30.0 Å². The van der Waals surface area contributed by atoms with Crippen molar-refractivity contribution in [3.8, 4) is 5.75 Å². The van der Waals surface area contributed by atoms with Gasteiger partial charge in [0, 0.05) is 0 Å². The molecule has 2 aromatic carbocycles. The Labute approximate surface area is 236 Å². The first-order valence-corrected chi connectivity index (χ1v) is 17.0. The second kappa shape index (κ2) is 15.1. The maximum atomic E-state index is 11.0. The first kappa shape index (κ1) is 31.5. The van der Waals surface area contributed by atoms with E-state index in [9.17, 15) is 5.11 Å². The fourth-order valence-corrected chi connectivity index (χ4v) is 4.96. The molecular weight excluding hydrogens is 508 g/mol. The lowest BCUT2D eigenvalue weighted by Gasteiger charge is -2.37. The van der Waals surface area contributed by atoms with Gasteiger partial charge in [-0.05, 0) is 60.7 Å². The molecule has 1 N–H and O–H groups in total. The third-order valence-corrected chi connectivity index (χ3v) is 12.2. The maximum Gasteiger partial charge on any atom is 0.192 e. The van der Waals surface area contributed by atoms with E-state index in [0.717, 1.165) is 24.2 Å². The van der Waals surface area contributed by atoms with Crippen molar-refractivity contribution in [2.75, 3.05) is 20.3 Å². The van der Waals surface area contributed by atoms with Gasteiger partial charge in [-0.15, -0.1) is 0 Å². The second-order valence-electron chi connectivity index (χ2n) is 11.8. The van der Waals surface area contributed by atoms with Crippen LogP contribution in [0.25, 0.3) is 0 Å². The average molecular weight is 557 g/mol. The smallest absolute Gasteiger partial charge is 0.192 e. The SMILES string of the molecule is COc1ccc(CO[C@H](CC/C=C/C[C@@H]2O[C@@H]2COCc2ccccc2)[C@@H](O)CO[Si](C)(C)C(C)(C)C)cc1. The van der Waals surface area contributed by atoms with E-state index in [1.165, 1.54) is 5.56 Å². The van der Waals surface area contributed by atoms with Gasteiger partial charge in [-0.2, -0.15) is 0 Å². The van der Waals surface area contributed by atoms with Crippen LogP contribution in [0.2, 0.25) is 18.1 Å². The summed E-state index contributed by atoms with van der Waals surface area (Å²) < 4.78 is 29.3. The molecule has 1 fully saturated rings. The van der Waals surface area contributed by atoms with E-state index in [0.29, 0.717) is 26.2 Å². The standard InChI is InChI=1S/C32H48O6Si/c1-32(2,3)39(5,6)37-23-28(33)29(36-22-26-17-19-27(34-4)20-18-26)15-11-8-12-16-30-31(38-30)24-35-21-25-13-9-7-10-14-25/h7-10,12-14,17-20,28-31,33H,11,15-16,21-24H2,1-6H3/b12-8+/t28-,29+,30-,31+/m0/s1. The zero-order valence-electron chi connectivity index (χ0n) is 24.6. The van der Waals surface area contributed by atoms with Crippen LogP contribution >= 0.6 is 0 Å². The summed E-state index contributed by atoms with van der Waals surface area (Å²) in [7, 11) is -0.308. The average Bonchev–Trinajstić information content (AvgIpc) is 3.67. The van der Waals surface area contributed by atoms with Gasteiger partial charge in [-0.3, -0.25) is 0 Å². The molecule has 39 heavy (non-hydrogen) atoms. The predicted octanol–water partition coefficient (Wildman–Crippen LogP) is 6.67. The summed E-state index contributed by atoms with van der Waals surface area (Å²) >= 11 is 0. The number of benzene rings is 2. The van der Waals surface area contributed by atoms with Crippen LogP contribution in [0.15, 0.2) is 66.7 Å². The quantitative estimate of drug-likeness (QED) is 0.133. The molecule has 2 aromatic rings. The third kappa shape index (κ3) is 10.8. The van der Waals surface area contributed by atoms with Crippen molar-refractivity contribution < 1.29 is 28.5 Å². The van der Waals surface area contributed by atoms with Crippen molar-refractivity contribution in [2.45, 2.75) is 95.8 Å². The van der Waals surface area contributed by atoms with Gasteiger partial charge in [-0.25, -0.2) is 0 Å². The van der Waals surface area contributed by atoms with Crippen LogP contribution in [0.5, 0.6) is 5.75 Å². The molecule has 216 valence electrons. The number of allylic oxidation sites excluding steroid dienone is 1. The molecule has 0 spiro atoms. The molecule has 0 unspecified atom stereocenters. The Hall–Kier alpha value is -2.00. The summed E-state index contributed by atoms with van der Waals surface area (Å²) in [5.74, 6) is 0.813. The van der Waals surface area contributed by atoms with Crippen molar-refractivity contribution in [1.82, 2.24) is 0 Å². The first-order valence-electron chi connectivity index (χ1n) is 14.1. The minimum atomic E-state index is -1.96. The fourth-order valence-electron chi connectivity index (χ4n) is 3.94. The molecule has 0 bridgehead atoms. The normalized spacial score (nSPS) is 19.3. The Morgan fingerprint density at radius 2 is 1.64 bits per heavy atom. The van der Waals surface area contributed by atoms with Crippen molar-refractivity contribution >= 4 is 8.32 Å². The summed E-state index contributed by atoms with van der Waals surface area (Å²) in [6.07, 6.45) is 6.11. The Morgan fingerprint density at radius 1 is 0.949 bits per heavy atom. The van der Waals surface area contributed by atoms with Gasteiger partial charge in [0.25, 0.3) is 0 Å². The monoisotopic (exact) mass is 556 g/mol. The molecule has 1 saturated heterocycles. The van der Waals surface area contributed by atoms with E-state index in [4.69, 9.17) is 23.4 Å². The maximum absolute atomic E-state index is 11.0. The summed E-state index contributed by atoms with van der Waals surface area (Å²) in [6.45, 7) is 13.0. The Balaban J connectivity index is 1.43. The number of aliphatic hydroxyl groups is 1. The van der Waals surface area contributed by atoms with E-state index in [1.54, 1.807) is 7.11 Å². The molecule has 0 saturated carbocycles. The van der Waals surface area contributed by atoms with Crippen LogP contribution in [0.4, 0.5) is 0 Å². The predicted molar refractivity (Wildman–Crippen MR) is 158 cm³/mol. The topological polar surface area (TPSA) is 69.7 Å². The molecule has 1 heterocycles. The van der Waals surface area contributed by atoms with E-state index < -0.39 is 14.4 Å². The number of aliphatic hydroxyl groups excluding tert-OH is 1. The van der Waals surface area contributed by atoms with Crippen molar-refractivity contribution in [3.63, 3.8) is 0 Å². The summed E-state index contributed by atoms with van der Waals surface area (Å²) in [5, 5.41) is 11.1. The highest BCUT2D eigenvalue weighted by atomic mass is 28.4. The first-order chi connectivity index (χ1) is 18.6. The highest BCUT2D eigenvalue weighted by Crippen LogP contribution is 2.36. The number of ether oxygens (including phenoxy) is 4. The van der Waals surface area contributed by atoms with E-state index in [1.807, 2.05) is 42.5 Å². The van der Waals surface area contributed by atoms with Gasteiger partial charge in [0.05, 0.1) is 45.7 Å². The minimum absolute atomic E-state index is 0.0875. The van der Waals surface area contributed by atoms with Gasteiger partial charge in [-0.1, -0.05) is 75.4 Å². The highest BCUT2D eigenvalue weighted by Gasteiger charge is 2.38. The van der Waals surface area contributed by atoms with Gasteiger partial charge >= 0.3 is 0 Å². The van der Waals surface area contributed by atoms with E-state index >= 15 is 0 Å². The lowest BCUT2D eigenvalue weighted by molar-refractivity contribution is -0.0657. The van der Waals surface area contributed by atoms with Gasteiger partial charge in [0.1, 0.15) is 18.0 Å². The van der Waals surface area contributed by atoms with Crippen molar-refractivity contribution in [3.05, 3.63) is 77.9 Å².